The number of nitrogens with zero attached hydrogens (tertiary/aromatic N) is 1. The van der Waals surface area contributed by atoms with Gasteiger partial charge in [-0.3, -0.25) is 28.8 Å². The van der Waals surface area contributed by atoms with E-state index >= 15 is 0 Å². The Balaban J connectivity index is 3.09. The fraction of sp³-hybridized carbons (Fsp3) is 0.594. The molecule has 0 saturated carbocycles. The highest BCUT2D eigenvalue weighted by molar-refractivity contribution is 6.42. The van der Waals surface area contributed by atoms with Gasteiger partial charge in [-0.05, 0) is 58.6 Å². The minimum absolute atomic E-state index is 0.373. The topological polar surface area (TPSA) is 192 Å². The van der Waals surface area contributed by atoms with Crippen molar-refractivity contribution in [1.82, 2.24) is 26.2 Å². The fourth-order valence-electron chi connectivity index (χ4n) is 3.98. The Morgan fingerprint density at radius 2 is 1.24 bits per heavy atom. The number of hydrogen-bond donors (Lipinski definition) is 5. The van der Waals surface area contributed by atoms with Crippen LogP contribution < -0.4 is 26.6 Å². The quantitative estimate of drug-likeness (QED) is 0.188. The lowest BCUT2D eigenvalue weighted by Crippen LogP contribution is -2.60. The van der Waals surface area contributed by atoms with Crippen molar-refractivity contribution < 1.29 is 38.3 Å². The second-order valence-electron chi connectivity index (χ2n) is 13.1. The van der Waals surface area contributed by atoms with Gasteiger partial charge in [0.05, 0.1) is 12.5 Å². The van der Waals surface area contributed by atoms with Gasteiger partial charge in [0.1, 0.15) is 23.7 Å². The lowest BCUT2D eigenvalue weighted by atomic mass is 9.99. The average molecular weight is 647 g/mol. The lowest BCUT2D eigenvalue weighted by Gasteiger charge is -2.29. The van der Waals surface area contributed by atoms with Gasteiger partial charge in [0.15, 0.2) is 0 Å². The van der Waals surface area contributed by atoms with Crippen molar-refractivity contribution in [1.29, 1.82) is 0 Å². The number of ketones is 1. The van der Waals surface area contributed by atoms with Gasteiger partial charge in [0.2, 0.25) is 29.4 Å². The van der Waals surface area contributed by atoms with Gasteiger partial charge in [0, 0.05) is 19.8 Å². The lowest BCUT2D eigenvalue weighted by molar-refractivity contribution is -0.139. The molecule has 0 spiro atoms. The molecule has 256 valence electrons. The summed E-state index contributed by atoms with van der Waals surface area (Å²) in [6.07, 6.45) is -1.27. The van der Waals surface area contributed by atoms with E-state index in [1.807, 2.05) is 6.92 Å². The maximum absolute atomic E-state index is 13.5. The zero-order valence-corrected chi connectivity index (χ0v) is 28.7. The normalized spacial score (nSPS) is 13.8. The summed E-state index contributed by atoms with van der Waals surface area (Å²) in [7, 11) is 2.95. The summed E-state index contributed by atoms with van der Waals surface area (Å²) in [5, 5.41) is 12.5. The second kappa shape index (κ2) is 17.3. The predicted octanol–water partition coefficient (Wildman–Crippen LogP) is 1.66. The van der Waals surface area contributed by atoms with Crippen LogP contribution in [0.3, 0.4) is 0 Å². The maximum atomic E-state index is 13.5. The summed E-state index contributed by atoms with van der Waals surface area (Å²) < 4.78 is 5.26. The van der Waals surface area contributed by atoms with Crippen molar-refractivity contribution in [2.45, 2.75) is 98.5 Å². The van der Waals surface area contributed by atoms with Crippen molar-refractivity contribution in [2.24, 2.45) is 11.8 Å². The molecule has 0 aliphatic heterocycles. The third kappa shape index (κ3) is 13.2. The van der Waals surface area contributed by atoms with Crippen molar-refractivity contribution in [3.05, 3.63) is 29.8 Å². The van der Waals surface area contributed by atoms with Crippen LogP contribution in [0.15, 0.2) is 24.3 Å². The Morgan fingerprint density at radius 1 is 0.739 bits per heavy atom. The highest BCUT2D eigenvalue weighted by Crippen LogP contribution is 2.12. The Morgan fingerprint density at radius 3 is 1.72 bits per heavy atom. The molecule has 0 saturated heterocycles. The molecule has 4 atom stereocenters. The number of carbonyl (C=O) groups is 7. The summed E-state index contributed by atoms with van der Waals surface area (Å²) in [5.41, 5.74) is 0.559. The first-order chi connectivity index (χ1) is 21.1. The van der Waals surface area contributed by atoms with Crippen LogP contribution >= 0.6 is 0 Å². The largest absolute Gasteiger partial charge is 0.444 e. The second-order valence-corrected chi connectivity index (χ2v) is 13.1. The predicted molar refractivity (Wildman–Crippen MR) is 172 cm³/mol. The summed E-state index contributed by atoms with van der Waals surface area (Å²) in [5.74, 6) is -5.55. The van der Waals surface area contributed by atoms with E-state index in [2.05, 4.69) is 26.6 Å². The monoisotopic (exact) mass is 646 g/mol. The van der Waals surface area contributed by atoms with Crippen molar-refractivity contribution in [3.63, 3.8) is 0 Å². The number of carbonyl (C=O) groups excluding carboxylic acids is 7. The standard InChI is InChI=1S/C32H50N6O8/c1-17(2)24(36-29(43)25(18(3)4)37-31(45)46-32(7,8)9)28(42)35-22(16-23(39)38(10)11)27(41)33-20(6)26(40)30(44)34-21-14-12-19(5)13-15-21/h12-15,17-18,20,22,24-25H,16H2,1-11H3,(H,33,41)(H,34,44)(H,35,42)(H,36,43)(H,37,45). The molecule has 0 aliphatic rings. The van der Waals surface area contributed by atoms with Gasteiger partial charge in [-0.1, -0.05) is 45.4 Å². The van der Waals surface area contributed by atoms with Crippen molar-refractivity contribution >= 4 is 47.1 Å². The first kappa shape index (κ1) is 39.5. The number of amides is 6. The molecule has 14 nitrogen and oxygen atoms in total. The van der Waals surface area contributed by atoms with E-state index in [4.69, 9.17) is 4.74 Å². The maximum Gasteiger partial charge on any atom is 0.408 e. The van der Waals surface area contributed by atoms with Gasteiger partial charge in [0.25, 0.3) is 5.91 Å². The number of aryl methyl sites for hydroxylation is 1. The van der Waals surface area contributed by atoms with E-state index in [0.717, 1.165) is 5.56 Å². The third-order valence-corrected chi connectivity index (χ3v) is 6.66. The molecular formula is C32H50N6O8. The van der Waals surface area contributed by atoms with Crippen LogP contribution in [-0.2, 0) is 33.5 Å². The Labute approximate surface area is 271 Å². The first-order valence-corrected chi connectivity index (χ1v) is 15.2. The highest BCUT2D eigenvalue weighted by Gasteiger charge is 2.35. The van der Waals surface area contributed by atoms with Crippen LogP contribution in [0, 0.1) is 18.8 Å². The average Bonchev–Trinajstić information content (AvgIpc) is 2.93. The van der Waals surface area contributed by atoms with E-state index in [9.17, 15) is 33.6 Å². The number of anilines is 1. The molecule has 4 unspecified atom stereocenters. The molecule has 14 heteroatoms. The Kier molecular flexibility index (Phi) is 14.8. The molecule has 1 aromatic rings. The van der Waals surface area contributed by atoms with Gasteiger partial charge < -0.3 is 36.2 Å². The first-order valence-electron chi connectivity index (χ1n) is 15.2. The molecule has 0 heterocycles. The Hall–Kier alpha value is -4.49. The van der Waals surface area contributed by atoms with E-state index < -0.39 is 83.5 Å². The van der Waals surface area contributed by atoms with E-state index in [1.165, 1.54) is 25.9 Å². The molecule has 46 heavy (non-hydrogen) atoms. The van der Waals surface area contributed by atoms with Crippen molar-refractivity contribution in [3.8, 4) is 0 Å². The number of rotatable bonds is 14. The fourth-order valence-corrected chi connectivity index (χ4v) is 3.98. The van der Waals surface area contributed by atoms with Crippen LogP contribution in [0.25, 0.3) is 0 Å². The summed E-state index contributed by atoms with van der Waals surface area (Å²) in [6, 6.07) is 1.82. The van der Waals surface area contributed by atoms with Crippen molar-refractivity contribution in [2.75, 3.05) is 19.4 Å². The molecule has 0 radical (unpaired) electrons. The molecule has 0 bridgehead atoms. The van der Waals surface area contributed by atoms with Crippen LogP contribution in [0.1, 0.15) is 67.4 Å². The van der Waals surface area contributed by atoms with Gasteiger partial charge in [-0.25, -0.2) is 4.79 Å². The molecule has 5 N–H and O–H groups in total. The number of Topliss-reactive ketones (excluding diaryl/α,β-unsaturated/α-hetero) is 1. The number of alkyl carbamates (subject to hydrolysis) is 1. The van der Waals surface area contributed by atoms with Crippen LogP contribution in [0.2, 0.25) is 0 Å². The Bertz CT molecular complexity index is 1270. The summed E-state index contributed by atoms with van der Waals surface area (Å²) in [6.45, 7) is 15.0. The summed E-state index contributed by atoms with van der Waals surface area (Å²) >= 11 is 0. The molecule has 0 aliphatic carbocycles. The minimum atomic E-state index is -1.45. The van der Waals surface area contributed by atoms with E-state index in [-0.39, 0.29) is 5.92 Å². The molecule has 6 amide bonds. The minimum Gasteiger partial charge on any atom is -0.444 e. The molecular weight excluding hydrogens is 596 g/mol. The number of benzene rings is 1. The van der Waals surface area contributed by atoms with Gasteiger partial charge in [-0.2, -0.15) is 0 Å². The van der Waals surface area contributed by atoms with Gasteiger partial charge in [-0.15, -0.1) is 0 Å². The highest BCUT2D eigenvalue weighted by atomic mass is 16.6. The third-order valence-electron chi connectivity index (χ3n) is 6.66. The van der Waals surface area contributed by atoms with Crippen LogP contribution in [0.4, 0.5) is 10.5 Å². The molecule has 1 rings (SSSR count). The number of ether oxygens (including phenoxy) is 1. The SMILES string of the molecule is Cc1ccc(NC(=O)C(=O)C(C)NC(=O)C(CC(=O)N(C)C)NC(=O)C(NC(=O)C(NC(=O)OC(C)(C)C)C(C)C)C(C)C)cc1. The zero-order chi connectivity index (χ0) is 35.5. The molecule has 0 fully saturated rings. The number of nitrogens with one attached hydrogen (secondary N) is 5. The molecule has 1 aromatic carbocycles. The number of hydrogen-bond acceptors (Lipinski definition) is 8. The van der Waals surface area contributed by atoms with E-state index in [0.29, 0.717) is 5.69 Å². The molecule has 0 aromatic heterocycles. The summed E-state index contributed by atoms with van der Waals surface area (Å²) in [4.78, 5) is 91.5. The van der Waals surface area contributed by atoms with Crippen LogP contribution in [-0.4, -0.2) is 90.2 Å². The van der Waals surface area contributed by atoms with E-state index in [1.54, 1.807) is 72.7 Å². The smallest absolute Gasteiger partial charge is 0.408 e. The zero-order valence-electron chi connectivity index (χ0n) is 28.7. The van der Waals surface area contributed by atoms with Gasteiger partial charge >= 0.3 is 6.09 Å². The van der Waals surface area contributed by atoms with Crippen LogP contribution in [0.5, 0.6) is 0 Å².